The maximum Gasteiger partial charge on any atom is 0.133 e. The van der Waals surface area contributed by atoms with Crippen LogP contribution in [0.2, 0.25) is 0 Å². The van der Waals surface area contributed by atoms with Crippen LogP contribution in [-0.4, -0.2) is 57.5 Å². The summed E-state index contributed by atoms with van der Waals surface area (Å²) in [4.78, 5) is 3.97. The first-order chi connectivity index (χ1) is 7.20. The van der Waals surface area contributed by atoms with E-state index in [2.05, 4.69) is 19.0 Å². The smallest absolute Gasteiger partial charge is 0.133 e. The molecule has 0 saturated carbocycles. The van der Waals surface area contributed by atoms with Gasteiger partial charge in [-0.15, -0.1) is 0 Å². The standard InChI is InChI=1S/C5H12N2.C5H10O3S/c1-6-3-4-7(2)5-6;1-5(2)3-4-9(6,7)8/h3-5H2,1-2H3;3H,4H2,1-2H3,(H,6,7,8). The highest BCUT2D eigenvalue weighted by Gasteiger charge is 2.14. The molecule has 1 fully saturated rings. The van der Waals surface area contributed by atoms with Crippen LogP contribution >= 0.6 is 0 Å². The van der Waals surface area contributed by atoms with E-state index in [1.54, 1.807) is 18.7 Å². The molecule has 0 spiro atoms. The van der Waals surface area contributed by atoms with Crippen molar-refractivity contribution in [2.45, 2.75) is 13.8 Å². The van der Waals surface area contributed by atoms with Crippen molar-refractivity contribution in [3.63, 3.8) is 0 Å². The summed E-state index contributed by atoms with van der Waals surface area (Å²) < 4.78 is 29.8. The fourth-order valence-corrected chi connectivity index (χ4v) is 1.81. The number of hydrogen-bond donors (Lipinski definition) is 1. The molecule has 0 aromatic rings. The van der Waals surface area contributed by atoms with Crippen LogP contribution in [0.5, 0.6) is 0 Å². The topological polar surface area (TPSA) is 64.9 Å². The van der Waals surface area contributed by atoms with Crippen molar-refractivity contribution in [2.75, 3.05) is 39.6 Å². The van der Waals surface area contributed by atoms with Gasteiger partial charge in [-0.05, 0) is 20.9 Å². The van der Waals surface area contributed by atoms with Crippen LogP contribution in [0, 0.1) is 0 Å². The van der Waals surface area contributed by atoms with Gasteiger partial charge in [0.25, 0.3) is 0 Å². The van der Waals surface area contributed by atoms with Crippen molar-refractivity contribution >= 4 is 10.1 Å². The second-order valence-corrected chi connectivity index (χ2v) is 5.90. The fourth-order valence-electron chi connectivity index (χ4n) is 1.27. The lowest BCUT2D eigenvalue weighted by molar-refractivity contribution is -0.870. The van der Waals surface area contributed by atoms with Gasteiger partial charge in [-0.3, -0.25) is 4.90 Å². The normalized spacial score (nSPS) is 21.2. The molecule has 1 rings (SSSR count). The summed E-state index contributed by atoms with van der Waals surface area (Å²) >= 11 is 0. The largest absolute Gasteiger partial charge is 0.748 e. The summed E-state index contributed by atoms with van der Waals surface area (Å²) in [5, 5.41) is 0. The summed E-state index contributed by atoms with van der Waals surface area (Å²) in [6.45, 7) is 7.29. The molecule has 0 aliphatic carbocycles. The molecule has 1 unspecified atom stereocenters. The second-order valence-electron chi connectivity index (χ2n) is 4.45. The van der Waals surface area contributed by atoms with Gasteiger partial charge in [-0.25, -0.2) is 8.42 Å². The molecule has 0 aromatic heterocycles. The first-order valence-electron chi connectivity index (χ1n) is 5.27. The molecule has 1 N–H and O–H groups in total. The first-order valence-corrected chi connectivity index (χ1v) is 6.85. The SMILES string of the molecule is CC(C)=CCS(=O)(=O)[O-].CN1CC[NH+](C)C1. The Morgan fingerprint density at radius 1 is 1.50 bits per heavy atom. The van der Waals surface area contributed by atoms with Gasteiger partial charge >= 0.3 is 0 Å². The number of rotatable bonds is 2. The number of allylic oxidation sites excluding steroid dienone is 1. The third-order valence-corrected chi connectivity index (χ3v) is 2.73. The monoisotopic (exact) mass is 250 g/mol. The summed E-state index contributed by atoms with van der Waals surface area (Å²) in [6, 6.07) is 0. The van der Waals surface area contributed by atoms with Crippen LogP contribution in [0.15, 0.2) is 11.6 Å². The summed E-state index contributed by atoms with van der Waals surface area (Å²) in [6.07, 6.45) is 1.39. The van der Waals surface area contributed by atoms with Gasteiger partial charge in [0.05, 0.1) is 36.0 Å². The minimum Gasteiger partial charge on any atom is -0.748 e. The molecule has 0 aromatic carbocycles. The minimum atomic E-state index is -4.05. The van der Waals surface area contributed by atoms with E-state index in [9.17, 15) is 13.0 Å². The Labute approximate surface area is 98.5 Å². The van der Waals surface area contributed by atoms with Gasteiger partial charge in [0, 0.05) is 0 Å². The van der Waals surface area contributed by atoms with E-state index in [-0.39, 0.29) is 0 Å². The molecular formula is C10H22N2O3S. The van der Waals surface area contributed by atoms with E-state index in [4.69, 9.17) is 0 Å². The van der Waals surface area contributed by atoms with Crippen molar-refractivity contribution in [1.29, 1.82) is 0 Å². The molecule has 0 radical (unpaired) electrons. The van der Waals surface area contributed by atoms with Crippen LogP contribution in [0.3, 0.4) is 0 Å². The number of quaternary nitrogens is 1. The molecule has 1 saturated heterocycles. The quantitative estimate of drug-likeness (QED) is 0.499. The van der Waals surface area contributed by atoms with Gasteiger partial charge in [0.2, 0.25) is 0 Å². The van der Waals surface area contributed by atoms with Crippen LogP contribution in [0.25, 0.3) is 0 Å². The maximum absolute atomic E-state index is 9.94. The summed E-state index contributed by atoms with van der Waals surface area (Å²) in [5.74, 6) is -0.394. The predicted molar refractivity (Wildman–Crippen MR) is 63.2 cm³/mol. The van der Waals surface area contributed by atoms with Crippen LogP contribution < -0.4 is 4.90 Å². The highest BCUT2D eigenvalue weighted by Crippen LogP contribution is 1.90. The lowest BCUT2D eigenvalue weighted by atomic mass is 10.3. The van der Waals surface area contributed by atoms with Crippen molar-refractivity contribution in [3.05, 3.63) is 11.6 Å². The molecule has 5 nitrogen and oxygen atoms in total. The van der Waals surface area contributed by atoms with E-state index in [0.29, 0.717) is 0 Å². The Morgan fingerprint density at radius 2 is 2.06 bits per heavy atom. The zero-order valence-corrected chi connectivity index (χ0v) is 11.3. The molecule has 1 aliphatic rings. The average molecular weight is 250 g/mol. The molecule has 96 valence electrons. The highest BCUT2D eigenvalue weighted by atomic mass is 32.2. The third-order valence-electron chi connectivity index (χ3n) is 2.16. The number of hydrogen-bond acceptors (Lipinski definition) is 4. The molecule has 16 heavy (non-hydrogen) atoms. The molecule has 1 atom stereocenters. The van der Waals surface area contributed by atoms with Gasteiger partial charge in [-0.2, -0.15) is 0 Å². The molecule has 6 heteroatoms. The zero-order chi connectivity index (χ0) is 12.8. The maximum atomic E-state index is 9.94. The van der Waals surface area contributed by atoms with E-state index in [1.165, 1.54) is 25.8 Å². The number of nitrogens with zero attached hydrogens (tertiary/aromatic N) is 1. The van der Waals surface area contributed by atoms with Crippen LogP contribution in [0.1, 0.15) is 13.8 Å². The van der Waals surface area contributed by atoms with Gasteiger partial charge in [0.1, 0.15) is 6.67 Å². The van der Waals surface area contributed by atoms with E-state index >= 15 is 0 Å². The Bertz CT molecular complexity index is 313. The zero-order valence-electron chi connectivity index (χ0n) is 10.5. The highest BCUT2D eigenvalue weighted by molar-refractivity contribution is 7.85. The van der Waals surface area contributed by atoms with Crippen LogP contribution in [0.4, 0.5) is 0 Å². The number of nitrogens with one attached hydrogen (secondary N) is 1. The van der Waals surface area contributed by atoms with Gasteiger partial charge in [-0.1, -0.05) is 11.6 Å². The molecule has 1 aliphatic heterocycles. The predicted octanol–water partition coefficient (Wildman–Crippen LogP) is -1.10. The van der Waals surface area contributed by atoms with Crippen molar-refractivity contribution < 1.29 is 17.9 Å². The van der Waals surface area contributed by atoms with E-state index < -0.39 is 15.9 Å². The number of likely N-dealkylation sites (N-methyl/N-ethyl adjacent to an activating group) is 2. The Balaban J connectivity index is 0.000000288. The Morgan fingerprint density at radius 3 is 2.19 bits per heavy atom. The van der Waals surface area contributed by atoms with Crippen molar-refractivity contribution in [3.8, 4) is 0 Å². The molecule has 0 bridgehead atoms. The van der Waals surface area contributed by atoms with E-state index in [1.807, 2.05) is 0 Å². The van der Waals surface area contributed by atoms with Crippen molar-refractivity contribution in [2.24, 2.45) is 0 Å². The Kier molecular flexibility index (Phi) is 6.82. The van der Waals surface area contributed by atoms with Gasteiger partial charge < -0.3 is 9.45 Å². The first kappa shape index (κ1) is 15.6. The summed E-state index contributed by atoms with van der Waals surface area (Å²) in [5.41, 5.74) is 0.842. The second kappa shape index (κ2) is 7.01. The minimum absolute atomic E-state index is 0.394. The molecule has 0 amide bonds. The van der Waals surface area contributed by atoms with Crippen molar-refractivity contribution in [1.82, 2.24) is 4.90 Å². The molecule has 1 heterocycles. The summed E-state index contributed by atoms with van der Waals surface area (Å²) in [7, 11) is 0.343. The van der Waals surface area contributed by atoms with Crippen LogP contribution in [-0.2, 0) is 10.1 Å². The fraction of sp³-hybridized carbons (Fsp3) is 0.800. The molecular weight excluding hydrogens is 228 g/mol. The lowest BCUT2D eigenvalue weighted by Crippen LogP contribution is -3.07. The third kappa shape index (κ3) is 10.1. The lowest BCUT2D eigenvalue weighted by Gasteiger charge is -2.03. The average Bonchev–Trinajstić information content (AvgIpc) is 2.46. The van der Waals surface area contributed by atoms with Gasteiger partial charge in [0.15, 0.2) is 0 Å². The Hall–Kier alpha value is -0.430. The van der Waals surface area contributed by atoms with E-state index in [0.717, 1.165) is 5.57 Å².